The van der Waals surface area contributed by atoms with E-state index in [0.717, 1.165) is 12.1 Å². The van der Waals surface area contributed by atoms with Gasteiger partial charge in [0.05, 0.1) is 26.1 Å². The predicted octanol–water partition coefficient (Wildman–Crippen LogP) is 1.63. The Morgan fingerprint density at radius 1 is 1.03 bits per heavy atom. The van der Waals surface area contributed by atoms with Gasteiger partial charge in [-0.1, -0.05) is 0 Å². The first kappa shape index (κ1) is 20.8. The van der Waals surface area contributed by atoms with Crippen LogP contribution in [-0.4, -0.2) is 63.8 Å². The number of hydrogen-bond donors (Lipinski definition) is 2. The third kappa shape index (κ3) is 3.94. The lowest BCUT2D eigenvalue weighted by atomic mass is 10.1. The molecule has 0 saturated carbocycles. The second-order valence-electron chi connectivity index (χ2n) is 7.42. The average Bonchev–Trinajstić information content (AvgIpc) is 2.88. The van der Waals surface area contributed by atoms with Crippen LogP contribution in [0.5, 0.6) is 11.5 Å². The highest BCUT2D eigenvalue weighted by Gasteiger charge is 2.29. The first-order valence-corrected chi connectivity index (χ1v) is 10.4. The molecule has 3 N–H and O–H groups in total. The van der Waals surface area contributed by atoms with Crippen LogP contribution in [0.2, 0.25) is 0 Å². The third-order valence-corrected chi connectivity index (χ3v) is 5.48. The van der Waals surface area contributed by atoms with E-state index in [4.69, 9.17) is 20.2 Å². The summed E-state index contributed by atoms with van der Waals surface area (Å²) in [5.41, 5.74) is 8.50. The zero-order valence-corrected chi connectivity index (χ0v) is 18.3. The van der Waals surface area contributed by atoms with Crippen molar-refractivity contribution in [1.82, 2.24) is 35.2 Å². The summed E-state index contributed by atoms with van der Waals surface area (Å²) in [4.78, 5) is 29.3. The first-order chi connectivity index (χ1) is 16.2. The van der Waals surface area contributed by atoms with Crippen molar-refractivity contribution in [3.63, 3.8) is 0 Å². The molecule has 0 radical (unpaired) electrons. The molecule has 33 heavy (non-hydrogen) atoms. The lowest BCUT2D eigenvalue weighted by Crippen LogP contribution is -2.47. The summed E-state index contributed by atoms with van der Waals surface area (Å²) >= 11 is 0. The molecule has 1 aliphatic heterocycles. The number of nitrogens with zero attached hydrogens (tertiary/aromatic N) is 7. The fourth-order valence-electron chi connectivity index (χ4n) is 3.92. The van der Waals surface area contributed by atoms with Gasteiger partial charge in [0.25, 0.3) is 0 Å². The first-order valence-electron chi connectivity index (χ1n) is 10.4. The maximum Gasteiger partial charge on any atom is 0.224 e. The SMILES string of the molecule is COc1ccc(-c2cnc3nc(N)nc(N4CCNCC4c4ncccn4)c3n2)cc1OC. The summed E-state index contributed by atoms with van der Waals surface area (Å²) in [6.07, 6.45) is 5.13. The largest absolute Gasteiger partial charge is 0.493 e. The molecule has 1 fully saturated rings. The van der Waals surface area contributed by atoms with Crippen molar-refractivity contribution >= 4 is 22.9 Å². The lowest BCUT2D eigenvalue weighted by Gasteiger charge is -2.36. The quantitative estimate of drug-likeness (QED) is 0.463. The fourth-order valence-corrected chi connectivity index (χ4v) is 3.92. The Bertz CT molecular complexity index is 1290. The molecule has 1 unspecified atom stereocenters. The van der Waals surface area contributed by atoms with E-state index in [9.17, 15) is 0 Å². The summed E-state index contributed by atoms with van der Waals surface area (Å²) < 4.78 is 10.8. The van der Waals surface area contributed by atoms with Crippen LogP contribution >= 0.6 is 0 Å². The number of benzene rings is 1. The summed E-state index contributed by atoms with van der Waals surface area (Å²) in [5, 5.41) is 3.40. The molecular formula is C22H23N9O2. The average molecular weight is 445 g/mol. The minimum Gasteiger partial charge on any atom is -0.493 e. The molecule has 4 heterocycles. The van der Waals surface area contributed by atoms with Crippen LogP contribution in [0.25, 0.3) is 22.4 Å². The van der Waals surface area contributed by atoms with Gasteiger partial charge in [-0.05, 0) is 24.3 Å². The van der Waals surface area contributed by atoms with E-state index >= 15 is 0 Å². The number of nitrogen functional groups attached to an aromatic ring is 1. The van der Waals surface area contributed by atoms with Crippen molar-refractivity contribution in [3.05, 3.63) is 48.7 Å². The fraction of sp³-hybridized carbons (Fsp3) is 0.273. The van der Waals surface area contributed by atoms with Gasteiger partial charge in [-0.15, -0.1) is 0 Å². The maximum atomic E-state index is 6.04. The molecule has 0 amide bonds. The molecule has 11 nitrogen and oxygen atoms in total. The number of nitrogens with two attached hydrogens (primary N) is 1. The molecule has 168 valence electrons. The number of hydrogen-bond acceptors (Lipinski definition) is 11. The Kier molecular flexibility index (Phi) is 5.53. The van der Waals surface area contributed by atoms with Gasteiger partial charge in [-0.25, -0.2) is 19.9 Å². The molecule has 0 aliphatic carbocycles. The molecule has 1 aliphatic rings. The number of aromatic nitrogens is 6. The number of rotatable bonds is 5. The molecular weight excluding hydrogens is 422 g/mol. The maximum absolute atomic E-state index is 6.04. The van der Waals surface area contributed by atoms with E-state index in [1.807, 2.05) is 18.2 Å². The standard InChI is InChI=1S/C22H23N9O2/c1-32-16-5-4-13(10-17(16)33-2)14-11-27-20-18(28-14)21(30-22(23)29-20)31-9-8-24-12-15(31)19-25-6-3-7-26-19/h3-7,10-11,15,24H,8-9,12H2,1-2H3,(H2,23,27,29,30). The number of fused-ring (bicyclic) bond motifs is 1. The van der Waals surface area contributed by atoms with Crippen LogP contribution in [0.15, 0.2) is 42.9 Å². The van der Waals surface area contributed by atoms with E-state index < -0.39 is 0 Å². The molecule has 1 aromatic carbocycles. The highest BCUT2D eigenvalue weighted by atomic mass is 16.5. The van der Waals surface area contributed by atoms with Crippen molar-refractivity contribution in [2.75, 3.05) is 44.5 Å². The van der Waals surface area contributed by atoms with E-state index in [1.165, 1.54) is 0 Å². The van der Waals surface area contributed by atoms with Crippen molar-refractivity contribution in [2.45, 2.75) is 6.04 Å². The normalized spacial score (nSPS) is 16.1. The highest BCUT2D eigenvalue weighted by molar-refractivity contribution is 5.86. The third-order valence-electron chi connectivity index (χ3n) is 5.48. The van der Waals surface area contributed by atoms with Gasteiger partial charge in [-0.3, -0.25) is 0 Å². The van der Waals surface area contributed by atoms with Gasteiger partial charge >= 0.3 is 0 Å². The van der Waals surface area contributed by atoms with Crippen LogP contribution in [0.4, 0.5) is 11.8 Å². The minimum absolute atomic E-state index is 0.135. The Hall–Kier alpha value is -4.12. The molecule has 4 aromatic rings. The topological polar surface area (TPSA) is 137 Å². The second kappa shape index (κ2) is 8.79. The number of methoxy groups -OCH3 is 2. The summed E-state index contributed by atoms with van der Waals surface area (Å²) in [6.45, 7) is 2.12. The van der Waals surface area contributed by atoms with Crippen molar-refractivity contribution in [2.24, 2.45) is 0 Å². The van der Waals surface area contributed by atoms with Crippen molar-refractivity contribution in [1.29, 1.82) is 0 Å². The predicted molar refractivity (Wildman–Crippen MR) is 123 cm³/mol. The molecule has 1 saturated heterocycles. The summed E-state index contributed by atoms with van der Waals surface area (Å²) in [7, 11) is 3.19. The number of nitrogens with one attached hydrogen (secondary N) is 1. The van der Waals surface area contributed by atoms with E-state index in [0.29, 0.717) is 53.1 Å². The summed E-state index contributed by atoms with van der Waals surface area (Å²) in [6, 6.07) is 7.25. The van der Waals surface area contributed by atoms with Crippen LogP contribution < -0.4 is 25.4 Å². The highest BCUT2D eigenvalue weighted by Crippen LogP contribution is 2.34. The monoisotopic (exact) mass is 445 g/mol. The minimum atomic E-state index is -0.135. The Balaban J connectivity index is 1.63. The Labute approximate surface area is 190 Å². The zero-order chi connectivity index (χ0) is 22.8. The number of ether oxygens (including phenoxy) is 2. The van der Waals surface area contributed by atoms with Crippen molar-refractivity contribution in [3.8, 4) is 22.8 Å². The molecule has 5 rings (SSSR count). The lowest BCUT2D eigenvalue weighted by molar-refractivity contribution is 0.355. The molecule has 0 spiro atoms. The van der Waals surface area contributed by atoms with E-state index in [1.54, 1.807) is 38.9 Å². The molecule has 0 bridgehead atoms. The molecule has 1 atom stereocenters. The summed E-state index contributed by atoms with van der Waals surface area (Å²) in [5.74, 6) is 2.68. The van der Waals surface area contributed by atoms with Gasteiger partial charge in [0.15, 0.2) is 34.3 Å². The van der Waals surface area contributed by atoms with Crippen molar-refractivity contribution < 1.29 is 9.47 Å². The van der Waals surface area contributed by atoms with Crippen LogP contribution in [-0.2, 0) is 0 Å². The second-order valence-corrected chi connectivity index (χ2v) is 7.42. The smallest absolute Gasteiger partial charge is 0.224 e. The van der Waals surface area contributed by atoms with Gasteiger partial charge in [0, 0.05) is 37.6 Å². The number of anilines is 2. The van der Waals surface area contributed by atoms with Crippen LogP contribution in [0, 0.1) is 0 Å². The molecule has 11 heteroatoms. The van der Waals surface area contributed by atoms with E-state index in [2.05, 4.69) is 35.1 Å². The van der Waals surface area contributed by atoms with Crippen LogP contribution in [0.3, 0.4) is 0 Å². The van der Waals surface area contributed by atoms with Crippen LogP contribution in [0.1, 0.15) is 11.9 Å². The molecule has 3 aromatic heterocycles. The Morgan fingerprint density at radius 3 is 2.64 bits per heavy atom. The Morgan fingerprint density at radius 2 is 1.85 bits per heavy atom. The van der Waals surface area contributed by atoms with Gasteiger partial charge in [-0.2, -0.15) is 9.97 Å². The number of piperazine rings is 1. The van der Waals surface area contributed by atoms with Gasteiger partial charge in [0.1, 0.15) is 6.04 Å². The van der Waals surface area contributed by atoms with Gasteiger partial charge in [0.2, 0.25) is 5.95 Å². The van der Waals surface area contributed by atoms with E-state index in [-0.39, 0.29) is 12.0 Å². The zero-order valence-electron chi connectivity index (χ0n) is 18.3. The van der Waals surface area contributed by atoms with Gasteiger partial charge < -0.3 is 25.4 Å².